The lowest BCUT2D eigenvalue weighted by Gasteiger charge is -2.39. The van der Waals surface area contributed by atoms with Crippen LogP contribution in [0.3, 0.4) is 0 Å². The fourth-order valence-electron chi connectivity index (χ4n) is 5.66. The van der Waals surface area contributed by atoms with Crippen molar-refractivity contribution in [3.8, 4) is 17.0 Å². The summed E-state index contributed by atoms with van der Waals surface area (Å²) in [6, 6.07) is 17.2. The largest absolute Gasteiger partial charge is 0.479 e. The molecule has 1 saturated heterocycles. The van der Waals surface area contributed by atoms with Crippen LogP contribution in [0.25, 0.3) is 22.2 Å². The highest BCUT2D eigenvalue weighted by molar-refractivity contribution is 6.30. The second-order valence-corrected chi connectivity index (χ2v) is 12.9. The number of benzene rings is 2. The summed E-state index contributed by atoms with van der Waals surface area (Å²) in [6.45, 7) is 11.7. The van der Waals surface area contributed by atoms with Gasteiger partial charge in [0.05, 0.1) is 18.7 Å². The number of rotatable bonds is 8. The molecule has 4 aromatic rings. The van der Waals surface area contributed by atoms with Crippen LogP contribution in [0.4, 0.5) is 10.5 Å². The smallest absolute Gasteiger partial charge is 0.410 e. The van der Waals surface area contributed by atoms with Crippen molar-refractivity contribution in [2.45, 2.75) is 52.2 Å². The number of amides is 2. The lowest BCUT2D eigenvalue weighted by Crippen LogP contribution is -2.52. The number of H-pyrrole nitrogens is 1. The number of hydrogen-bond acceptors (Lipinski definition) is 7. The van der Waals surface area contributed by atoms with E-state index in [0.717, 1.165) is 27.8 Å². The number of piperazine rings is 1. The summed E-state index contributed by atoms with van der Waals surface area (Å²) in [6.07, 6.45) is 1.41. The highest BCUT2D eigenvalue weighted by Gasteiger charge is 2.35. The zero-order valence-electron chi connectivity index (χ0n) is 26.7. The molecule has 2 amide bonds. The Morgan fingerprint density at radius 3 is 2.29 bits per heavy atom. The zero-order chi connectivity index (χ0) is 32.3. The van der Waals surface area contributed by atoms with Crippen LogP contribution in [-0.4, -0.2) is 88.5 Å². The van der Waals surface area contributed by atoms with Crippen LogP contribution in [0.1, 0.15) is 46.1 Å². The molecule has 1 aliphatic heterocycles. The first-order valence-electron chi connectivity index (χ1n) is 15.2. The second kappa shape index (κ2) is 13.4. The van der Waals surface area contributed by atoms with E-state index in [0.29, 0.717) is 42.7 Å². The average molecular weight is 633 g/mol. The molecule has 0 saturated carbocycles. The van der Waals surface area contributed by atoms with Crippen LogP contribution in [-0.2, 0) is 9.53 Å². The number of methoxy groups -OCH3 is 1. The Hall–Kier alpha value is -4.31. The molecule has 5 rings (SSSR count). The average Bonchev–Trinajstić information content (AvgIpc) is 3.44. The van der Waals surface area contributed by atoms with Crippen LogP contribution in [0.5, 0.6) is 5.88 Å². The van der Waals surface area contributed by atoms with Gasteiger partial charge in [-0.1, -0.05) is 54.1 Å². The van der Waals surface area contributed by atoms with E-state index in [9.17, 15) is 9.59 Å². The van der Waals surface area contributed by atoms with Gasteiger partial charge in [0.2, 0.25) is 11.8 Å². The van der Waals surface area contributed by atoms with E-state index in [2.05, 4.69) is 32.2 Å². The number of fused-ring (bicyclic) bond motifs is 1. The molecule has 1 N–H and O–H groups in total. The van der Waals surface area contributed by atoms with E-state index in [4.69, 9.17) is 21.1 Å². The van der Waals surface area contributed by atoms with Crippen molar-refractivity contribution in [2.75, 3.05) is 44.7 Å². The minimum Gasteiger partial charge on any atom is -0.479 e. The zero-order valence-corrected chi connectivity index (χ0v) is 27.5. The standard InChI is InChI=1S/C34H41ClN6O4/c1-22(2)41(33(43)45-34(3,4)5)21-27(24-12-14-25(35)15-13-24)32(42)40-18-16-39(17-19-40)29-26(23-10-8-7-9-11-23)20-36-30-28(29)31(44-6)38-37-30/h7-15,20,22,27H,16-19,21H2,1-6H3,(H,36,37,38). The number of aromatic amines is 1. The van der Waals surface area contributed by atoms with Gasteiger partial charge in [0.1, 0.15) is 11.0 Å². The maximum Gasteiger partial charge on any atom is 0.410 e. The predicted molar refractivity (Wildman–Crippen MR) is 177 cm³/mol. The fraction of sp³-hybridized carbons (Fsp3) is 0.412. The number of nitrogens with one attached hydrogen (secondary N) is 1. The molecule has 1 fully saturated rings. The molecule has 238 valence electrons. The first-order chi connectivity index (χ1) is 21.5. The van der Waals surface area contributed by atoms with Crippen LogP contribution < -0.4 is 9.64 Å². The summed E-state index contributed by atoms with van der Waals surface area (Å²) < 4.78 is 11.3. The lowest BCUT2D eigenvalue weighted by molar-refractivity contribution is -0.133. The molecule has 0 aliphatic carbocycles. The summed E-state index contributed by atoms with van der Waals surface area (Å²) in [5.41, 5.74) is 3.74. The number of carbonyl (C=O) groups is 2. The molecule has 0 radical (unpaired) electrons. The summed E-state index contributed by atoms with van der Waals surface area (Å²) >= 11 is 6.20. The molecule has 1 aliphatic rings. The molecule has 1 unspecified atom stereocenters. The van der Waals surface area contributed by atoms with Crippen molar-refractivity contribution in [3.63, 3.8) is 0 Å². The highest BCUT2D eigenvalue weighted by atomic mass is 35.5. The molecule has 0 spiro atoms. The van der Waals surface area contributed by atoms with E-state index in [1.54, 1.807) is 24.1 Å². The predicted octanol–water partition coefficient (Wildman–Crippen LogP) is 6.36. The van der Waals surface area contributed by atoms with Crippen LogP contribution >= 0.6 is 11.6 Å². The molecule has 45 heavy (non-hydrogen) atoms. The fourth-order valence-corrected chi connectivity index (χ4v) is 5.79. The van der Waals surface area contributed by atoms with Gasteiger partial charge in [-0.3, -0.25) is 9.89 Å². The lowest BCUT2D eigenvalue weighted by atomic mass is 9.95. The molecule has 1 atom stereocenters. The number of aromatic nitrogens is 3. The Morgan fingerprint density at radius 1 is 1.02 bits per heavy atom. The van der Waals surface area contributed by atoms with E-state index in [1.165, 1.54) is 0 Å². The van der Waals surface area contributed by atoms with Crippen molar-refractivity contribution >= 4 is 40.3 Å². The molecule has 2 aromatic heterocycles. The molecular formula is C34H41ClN6O4. The third-order valence-corrected chi connectivity index (χ3v) is 8.17. The number of ether oxygens (including phenoxy) is 2. The van der Waals surface area contributed by atoms with Crippen molar-refractivity contribution in [2.24, 2.45) is 0 Å². The number of hydrogen-bond donors (Lipinski definition) is 1. The number of anilines is 1. The van der Waals surface area contributed by atoms with Gasteiger partial charge < -0.3 is 24.2 Å². The van der Waals surface area contributed by atoms with Gasteiger partial charge in [0, 0.05) is 55.5 Å². The Morgan fingerprint density at radius 2 is 1.69 bits per heavy atom. The Balaban J connectivity index is 1.43. The maximum atomic E-state index is 14.3. The van der Waals surface area contributed by atoms with E-state index in [1.807, 2.05) is 76.0 Å². The first kappa shape index (κ1) is 32.1. The summed E-state index contributed by atoms with van der Waals surface area (Å²) in [5.74, 6) is -0.164. The topological polar surface area (TPSA) is 104 Å². The van der Waals surface area contributed by atoms with E-state index < -0.39 is 17.6 Å². The molecule has 0 bridgehead atoms. The van der Waals surface area contributed by atoms with Crippen LogP contribution in [0, 0.1) is 0 Å². The third-order valence-electron chi connectivity index (χ3n) is 7.92. The second-order valence-electron chi connectivity index (χ2n) is 12.5. The Labute approximate surface area is 269 Å². The van der Waals surface area contributed by atoms with Crippen molar-refractivity contribution in [3.05, 3.63) is 71.4 Å². The molecule has 2 aromatic carbocycles. The van der Waals surface area contributed by atoms with Gasteiger partial charge in [-0.25, -0.2) is 9.78 Å². The Bertz CT molecular complexity index is 1630. The summed E-state index contributed by atoms with van der Waals surface area (Å²) in [4.78, 5) is 37.9. The van der Waals surface area contributed by atoms with Gasteiger partial charge in [0.15, 0.2) is 5.65 Å². The number of pyridine rings is 1. The molecule has 3 heterocycles. The quantitative estimate of drug-likeness (QED) is 0.241. The SMILES string of the molecule is COc1n[nH]c2ncc(-c3ccccc3)c(N3CCN(C(=O)C(CN(C(=O)OC(C)(C)C)C(C)C)c4ccc(Cl)cc4)CC3)c12. The summed E-state index contributed by atoms with van der Waals surface area (Å²) in [5, 5.41) is 8.71. The highest BCUT2D eigenvalue weighted by Crippen LogP contribution is 2.40. The maximum absolute atomic E-state index is 14.3. The minimum absolute atomic E-state index is 0.0461. The first-order valence-corrected chi connectivity index (χ1v) is 15.6. The minimum atomic E-state index is -0.658. The van der Waals surface area contributed by atoms with Crippen LogP contribution in [0.15, 0.2) is 60.8 Å². The van der Waals surface area contributed by atoms with Gasteiger partial charge in [-0.15, -0.1) is 5.10 Å². The van der Waals surface area contributed by atoms with Gasteiger partial charge in [-0.2, -0.15) is 0 Å². The number of nitrogens with zero attached hydrogens (tertiary/aromatic N) is 5. The van der Waals surface area contributed by atoms with Crippen molar-refractivity contribution < 1.29 is 19.1 Å². The number of carbonyl (C=O) groups excluding carboxylic acids is 2. The van der Waals surface area contributed by atoms with E-state index in [-0.39, 0.29) is 18.5 Å². The normalized spacial score (nSPS) is 14.5. The van der Waals surface area contributed by atoms with Gasteiger partial charge in [0.25, 0.3) is 0 Å². The third kappa shape index (κ3) is 7.17. The molecule has 11 heteroatoms. The Kier molecular flexibility index (Phi) is 9.53. The van der Waals surface area contributed by atoms with Crippen molar-refractivity contribution in [1.29, 1.82) is 0 Å². The van der Waals surface area contributed by atoms with Gasteiger partial charge >= 0.3 is 6.09 Å². The number of halogens is 1. The van der Waals surface area contributed by atoms with E-state index >= 15 is 0 Å². The molecule has 10 nitrogen and oxygen atoms in total. The van der Waals surface area contributed by atoms with Gasteiger partial charge in [-0.05, 0) is 57.9 Å². The van der Waals surface area contributed by atoms with Crippen LogP contribution in [0.2, 0.25) is 5.02 Å². The van der Waals surface area contributed by atoms with Crippen molar-refractivity contribution in [1.82, 2.24) is 25.0 Å². The monoisotopic (exact) mass is 632 g/mol. The summed E-state index contributed by atoms with van der Waals surface area (Å²) in [7, 11) is 1.60. The molecular weight excluding hydrogens is 592 g/mol.